The largest absolute Gasteiger partial charge is 0.494 e. The molecule has 0 N–H and O–H groups in total. The van der Waals surface area contributed by atoms with Crippen LogP contribution in [0.4, 0.5) is 0 Å². The highest BCUT2D eigenvalue weighted by molar-refractivity contribution is 7.98. The highest BCUT2D eigenvalue weighted by Gasteiger charge is 2.51. The molecule has 4 aromatic rings. The zero-order valence-corrected chi connectivity index (χ0v) is 18.8. The van der Waals surface area contributed by atoms with Crippen molar-refractivity contribution < 1.29 is 13.7 Å². The van der Waals surface area contributed by atoms with E-state index < -0.39 is 18.3 Å². The Balaban J connectivity index is 1.54. The van der Waals surface area contributed by atoms with Crippen molar-refractivity contribution in [2.45, 2.75) is 44.1 Å². The lowest BCUT2D eigenvalue weighted by atomic mass is 9.79. The molecule has 1 aliphatic rings. The summed E-state index contributed by atoms with van der Waals surface area (Å²) in [6.45, 7) is 8.15. The van der Waals surface area contributed by atoms with Crippen molar-refractivity contribution in [3.8, 4) is 17.3 Å². The number of hydrogen-bond donors (Lipinski definition) is 0. The second kappa shape index (κ2) is 7.18. The minimum atomic E-state index is -0.452. The van der Waals surface area contributed by atoms with Gasteiger partial charge in [-0.1, -0.05) is 23.0 Å². The number of rotatable bonds is 4. The van der Waals surface area contributed by atoms with Crippen molar-refractivity contribution in [3.05, 3.63) is 42.7 Å². The SMILES string of the molecule is CSc1nc(-c2ccco2)cc(-n2nnc3cc(B4OC(C)(C)C(C)(C)O4)ccc32)n1. The van der Waals surface area contributed by atoms with Gasteiger partial charge in [-0.15, -0.1) is 5.10 Å². The summed E-state index contributed by atoms with van der Waals surface area (Å²) in [6.07, 6.45) is 3.55. The first-order valence-electron chi connectivity index (χ1n) is 9.96. The van der Waals surface area contributed by atoms with Crippen LogP contribution in [0.5, 0.6) is 0 Å². The molecule has 8 nitrogen and oxygen atoms in total. The molecule has 0 bridgehead atoms. The summed E-state index contributed by atoms with van der Waals surface area (Å²) < 4.78 is 19.6. The first-order valence-corrected chi connectivity index (χ1v) is 11.2. The number of aromatic nitrogens is 5. The lowest BCUT2D eigenvalue weighted by Gasteiger charge is -2.32. The van der Waals surface area contributed by atoms with Crippen molar-refractivity contribution >= 4 is 35.4 Å². The summed E-state index contributed by atoms with van der Waals surface area (Å²) in [7, 11) is -0.452. The molecular formula is C21H22BN5O3S. The van der Waals surface area contributed by atoms with Gasteiger partial charge in [0.1, 0.15) is 11.2 Å². The Morgan fingerprint density at radius 2 is 1.77 bits per heavy atom. The van der Waals surface area contributed by atoms with E-state index in [1.807, 2.05) is 70.3 Å². The Hall–Kier alpha value is -2.69. The van der Waals surface area contributed by atoms with Gasteiger partial charge >= 0.3 is 7.12 Å². The van der Waals surface area contributed by atoms with Crippen molar-refractivity contribution in [1.29, 1.82) is 0 Å². The molecule has 1 aromatic carbocycles. The van der Waals surface area contributed by atoms with E-state index in [9.17, 15) is 0 Å². The normalized spacial score (nSPS) is 17.5. The van der Waals surface area contributed by atoms with Gasteiger partial charge in [0, 0.05) is 6.07 Å². The Kier molecular flexibility index (Phi) is 4.69. The molecule has 10 heteroatoms. The number of hydrogen-bond acceptors (Lipinski definition) is 8. The van der Waals surface area contributed by atoms with Gasteiger partial charge in [0.05, 0.1) is 23.0 Å². The number of fused-ring (bicyclic) bond motifs is 1. The van der Waals surface area contributed by atoms with Crippen molar-refractivity contribution in [2.75, 3.05) is 6.26 Å². The lowest BCUT2D eigenvalue weighted by molar-refractivity contribution is 0.00578. The van der Waals surface area contributed by atoms with Gasteiger partial charge < -0.3 is 13.7 Å². The maximum atomic E-state index is 6.17. The van der Waals surface area contributed by atoms with Gasteiger partial charge in [0.25, 0.3) is 0 Å². The lowest BCUT2D eigenvalue weighted by Crippen LogP contribution is -2.41. The van der Waals surface area contributed by atoms with Gasteiger partial charge in [0.2, 0.25) is 0 Å². The predicted molar refractivity (Wildman–Crippen MR) is 120 cm³/mol. The number of benzene rings is 1. The van der Waals surface area contributed by atoms with Crippen LogP contribution < -0.4 is 5.46 Å². The Bertz CT molecular complexity index is 1240. The third-order valence-electron chi connectivity index (χ3n) is 5.86. The molecule has 0 aliphatic carbocycles. The highest BCUT2D eigenvalue weighted by Crippen LogP contribution is 2.36. The van der Waals surface area contributed by atoms with Crippen LogP contribution in [0.3, 0.4) is 0 Å². The minimum Gasteiger partial charge on any atom is -0.463 e. The Morgan fingerprint density at radius 1 is 1.00 bits per heavy atom. The van der Waals surface area contributed by atoms with Gasteiger partial charge in [-0.05, 0) is 63.7 Å². The summed E-state index contributed by atoms with van der Waals surface area (Å²) in [5.41, 5.74) is 2.36. The maximum absolute atomic E-state index is 6.17. The zero-order chi connectivity index (χ0) is 21.8. The topological polar surface area (TPSA) is 88.1 Å². The summed E-state index contributed by atoms with van der Waals surface area (Å²) in [4.78, 5) is 9.15. The quantitative estimate of drug-likeness (QED) is 0.274. The van der Waals surface area contributed by atoms with Crippen molar-refractivity contribution in [1.82, 2.24) is 25.0 Å². The van der Waals surface area contributed by atoms with E-state index >= 15 is 0 Å². The first-order chi connectivity index (χ1) is 14.8. The molecule has 0 saturated carbocycles. The summed E-state index contributed by atoms with van der Waals surface area (Å²) >= 11 is 1.46. The van der Waals surface area contributed by atoms with Crippen LogP contribution in [0.25, 0.3) is 28.3 Å². The van der Waals surface area contributed by atoms with Gasteiger partial charge in [-0.3, -0.25) is 0 Å². The molecule has 31 heavy (non-hydrogen) atoms. The average molecular weight is 435 g/mol. The molecule has 1 fully saturated rings. The standard InChI is InChI=1S/C21H22BN5O3S/c1-20(2)21(3,4)30-22(29-20)13-8-9-16-14(11-13)25-26-27(16)18-12-15(17-7-6-10-28-17)23-19(24-18)31-5/h6-12H,1-5H3. The van der Waals surface area contributed by atoms with E-state index in [2.05, 4.69) is 20.3 Å². The smallest absolute Gasteiger partial charge is 0.463 e. The average Bonchev–Trinajstić information content (AvgIpc) is 3.45. The van der Waals surface area contributed by atoms with E-state index in [-0.39, 0.29) is 0 Å². The van der Waals surface area contributed by atoms with Gasteiger partial charge in [0.15, 0.2) is 16.7 Å². The fourth-order valence-corrected chi connectivity index (χ4v) is 3.77. The highest BCUT2D eigenvalue weighted by atomic mass is 32.2. The minimum absolute atomic E-state index is 0.401. The molecule has 0 atom stereocenters. The van der Waals surface area contributed by atoms with Crippen LogP contribution in [0.1, 0.15) is 27.7 Å². The molecular weight excluding hydrogens is 413 g/mol. The molecule has 158 valence electrons. The van der Waals surface area contributed by atoms with Crippen LogP contribution in [0.2, 0.25) is 0 Å². The molecule has 0 radical (unpaired) electrons. The molecule has 0 unspecified atom stereocenters. The summed E-state index contributed by atoms with van der Waals surface area (Å²) in [5.74, 6) is 1.29. The number of furan rings is 1. The second-order valence-corrected chi connectivity index (χ2v) is 9.19. The molecule has 1 aliphatic heterocycles. The number of thioether (sulfide) groups is 1. The maximum Gasteiger partial charge on any atom is 0.494 e. The third-order valence-corrected chi connectivity index (χ3v) is 6.41. The van der Waals surface area contributed by atoms with Gasteiger partial charge in [-0.25, -0.2) is 9.97 Å². The van der Waals surface area contributed by atoms with Gasteiger partial charge in [-0.2, -0.15) is 4.68 Å². The second-order valence-electron chi connectivity index (χ2n) is 8.41. The fraction of sp³-hybridized carbons (Fsp3) is 0.333. The van der Waals surface area contributed by atoms with E-state index in [1.165, 1.54) is 11.8 Å². The summed E-state index contributed by atoms with van der Waals surface area (Å²) in [6, 6.07) is 11.4. The van der Waals surface area contributed by atoms with E-state index in [1.54, 1.807) is 10.9 Å². The molecule has 3 aromatic heterocycles. The molecule has 5 rings (SSSR count). The first kappa shape index (κ1) is 20.2. The van der Waals surface area contributed by atoms with Crippen LogP contribution >= 0.6 is 11.8 Å². The fourth-order valence-electron chi connectivity index (χ4n) is 3.40. The van der Waals surface area contributed by atoms with E-state index in [4.69, 9.17) is 13.7 Å². The van der Waals surface area contributed by atoms with E-state index in [0.29, 0.717) is 22.4 Å². The Labute approximate surface area is 184 Å². The monoisotopic (exact) mass is 435 g/mol. The Morgan fingerprint density at radius 3 is 2.45 bits per heavy atom. The van der Waals surface area contributed by atoms with E-state index in [0.717, 1.165) is 16.5 Å². The predicted octanol–water partition coefficient (Wildman–Crippen LogP) is 3.49. The zero-order valence-electron chi connectivity index (χ0n) is 18.0. The third kappa shape index (κ3) is 3.44. The van der Waals surface area contributed by atoms with Crippen molar-refractivity contribution in [2.24, 2.45) is 0 Å². The van der Waals surface area contributed by atoms with Crippen LogP contribution in [0, 0.1) is 0 Å². The molecule has 0 spiro atoms. The van der Waals surface area contributed by atoms with Crippen LogP contribution in [0.15, 0.2) is 52.2 Å². The molecule has 4 heterocycles. The number of nitrogens with zero attached hydrogens (tertiary/aromatic N) is 5. The van der Waals surface area contributed by atoms with Crippen molar-refractivity contribution in [3.63, 3.8) is 0 Å². The molecule has 1 saturated heterocycles. The van der Waals surface area contributed by atoms with Crippen LogP contribution in [-0.2, 0) is 9.31 Å². The van der Waals surface area contributed by atoms with Crippen LogP contribution in [-0.4, -0.2) is 49.5 Å². The summed E-state index contributed by atoms with van der Waals surface area (Å²) in [5, 5.41) is 9.33. The molecule has 0 amide bonds.